The summed E-state index contributed by atoms with van der Waals surface area (Å²) >= 11 is 5.29. The maximum absolute atomic E-state index is 12.5. The Morgan fingerprint density at radius 3 is 2.74 bits per heavy atom. The van der Waals surface area contributed by atoms with Crippen molar-refractivity contribution in [2.24, 2.45) is 5.11 Å². The van der Waals surface area contributed by atoms with Gasteiger partial charge in [-0.1, -0.05) is 40.6 Å². The van der Waals surface area contributed by atoms with Crippen LogP contribution in [0.3, 0.4) is 0 Å². The van der Waals surface area contributed by atoms with Crippen LogP contribution in [0.4, 0.5) is 10.5 Å². The third-order valence-corrected chi connectivity index (χ3v) is 6.07. The fourth-order valence-electron chi connectivity index (χ4n) is 2.60. The lowest BCUT2D eigenvalue weighted by atomic mass is 10.2. The van der Waals surface area contributed by atoms with Crippen molar-refractivity contribution in [3.05, 3.63) is 40.3 Å². The van der Waals surface area contributed by atoms with Crippen molar-refractivity contribution in [1.29, 1.82) is 5.26 Å². The summed E-state index contributed by atoms with van der Waals surface area (Å²) in [6.45, 7) is -0.0571. The number of amides is 1. The number of nitrogens with zero attached hydrogens (tertiary/aromatic N) is 5. The summed E-state index contributed by atoms with van der Waals surface area (Å²) in [5.74, 6) is -0.629. The predicted octanol–water partition coefficient (Wildman–Crippen LogP) is 2.48. The smallest absolute Gasteiger partial charge is 0.410 e. The highest BCUT2D eigenvalue weighted by molar-refractivity contribution is 8.28. The first-order chi connectivity index (χ1) is 13.0. The highest BCUT2D eigenvalue weighted by atomic mass is 32.8. The Morgan fingerprint density at radius 1 is 1.44 bits per heavy atom. The molecule has 0 spiro atoms. The van der Waals surface area contributed by atoms with Gasteiger partial charge in [0.05, 0.1) is 0 Å². The molecule has 0 saturated carbocycles. The zero-order valence-corrected chi connectivity index (χ0v) is 16.1. The summed E-state index contributed by atoms with van der Waals surface area (Å²) in [4.78, 5) is 28.7. The topological polar surface area (TPSA) is 128 Å². The largest absolute Gasteiger partial charge is 0.449 e. The van der Waals surface area contributed by atoms with E-state index in [-0.39, 0.29) is 18.5 Å². The number of esters is 1. The minimum Gasteiger partial charge on any atom is -0.449 e. The summed E-state index contributed by atoms with van der Waals surface area (Å²) < 4.78 is 10.2. The number of carbonyl (C=O) groups is 2. The van der Waals surface area contributed by atoms with E-state index in [0.29, 0.717) is 24.2 Å². The molecule has 1 heterocycles. The van der Waals surface area contributed by atoms with Crippen LogP contribution in [0.2, 0.25) is 0 Å². The van der Waals surface area contributed by atoms with Gasteiger partial charge in [0.25, 0.3) is 0 Å². The van der Waals surface area contributed by atoms with Gasteiger partial charge >= 0.3 is 12.1 Å². The van der Waals surface area contributed by atoms with E-state index in [0.717, 1.165) is 0 Å². The molecule has 1 aliphatic rings. The zero-order valence-electron chi connectivity index (χ0n) is 14.5. The van der Waals surface area contributed by atoms with Crippen molar-refractivity contribution >= 4 is 38.4 Å². The van der Waals surface area contributed by atoms with Crippen LogP contribution in [-0.2, 0) is 41.5 Å². The monoisotopic (exact) mass is 407 g/mol. The fourth-order valence-corrected chi connectivity index (χ4v) is 3.84. The van der Waals surface area contributed by atoms with Crippen molar-refractivity contribution in [2.45, 2.75) is 24.3 Å². The SMILES string of the molecule is C[S@@](=S)[C@@H]1C[C@@H](C(=O)OCC#N)N(C(=O)OCc2ccc(N=[N+]=[N-])cc2)C1. The van der Waals surface area contributed by atoms with Gasteiger partial charge < -0.3 is 9.47 Å². The van der Waals surface area contributed by atoms with E-state index in [1.165, 1.54) is 4.90 Å². The second-order valence-corrected chi connectivity index (χ2v) is 8.94. The van der Waals surface area contributed by atoms with Gasteiger partial charge in [-0.3, -0.25) is 4.90 Å². The molecule has 1 aliphatic heterocycles. The van der Waals surface area contributed by atoms with Gasteiger partial charge in [-0.05, 0) is 23.8 Å². The Bertz CT molecular complexity index is 817. The normalized spacial score (nSPS) is 19.5. The third-order valence-electron chi connectivity index (χ3n) is 3.98. The fraction of sp³-hybridized carbons (Fsp3) is 0.438. The van der Waals surface area contributed by atoms with E-state index in [1.807, 2.05) is 6.26 Å². The second-order valence-electron chi connectivity index (χ2n) is 5.70. The van der Waals surface area contributed by atoms with Crippen LogP contribution in [0, 0.1) is 11.3 Å². The van der Waals surface area contributed by atoms with Gasteiger partial charge in [0.15, 0.2) is 6.61 Å². The van der Waals surface area contributed by atoms with Crippen molar-refractivity contribution in [1.82, 2.24) is 4.90 Å². The molecule has 1 aromatic carbocycles. The molecule has 0 bridgehead atoms. The molecule has 0 aliphatic carbocycles. The first-order valence-corrected chi connectivity index (χ1v) is 10.5. The lowest BCUT2D eigenvalue weighted by Gasteiger charge is -2.22. The molecule has 1 amide bonds. The van der Waals surface area contributed by atoms with Gasteiger partial charge in [-0.15, -0.1) is 9.45 Å². The first kappa shape index (κ1) is 20.6. The van der Waals surface area contributed by atoms with Crippen molar-refractivity contribution in [2.75, 3.05) is 19.4 Å². The van der Waals surface area contributed by atoms with E-state index in [4.69, 9.17) is 31.5 Å². The van der Waals surface area contributed by atoms with Crippen LogP contribution in [0.25, 0.3) is 10.4 Å². The summed E-state index contributed by atoms with van der Waals surface area (Å²) in [5, 5.41) is 12.0. The molecule has 0 N–H and O–H groups in total. The number of hydrogen-bond donors (Lipinski definition) is 0. The molecule has 0 aromatic heterocycles. The Hall–Kier alpha value is -2.67. The predicted molar refractivity (Wildman–Crippen MR) is 102 cm³/mol. The number of carbonyl (C=O) groups excluding carboxylic acids is 2. The quantitative estimate of drug-likeness (QED) is 0.308. The van der Waals surface area contributed by atoms with Crippen LogP contribution in [-0.4, -0.2) is 47.7 Å². The molecule has 142 valence electrons. The Morgan fingerprint density at radius 2 is 2.15 bits per heavy atom. The van der Waals surface area contributed by atoms with Gasteiger partial charge in [0.1, 0.15) is 18.7 Å². The van der Waals surface area contributed by atoms with Gasteiger partial charge in [-0.2, -0.15) is 5.26 Å². The highest BCUT2D eigenvalue weighted by Gasteiger charge is 2.42. The number of nitriles is 1. The van der Waals surface area contributed by atoms with E-state index in [2.05, 4.69) is 10.0 Å². The lowest BCUT2D eigenvalue weighted by molar-refractivity contribution is -0.147. The number of ether oxygens (including phenoxy) is 2. The van der Waals surface area contributed by atoms with Gasteiger partial charge in [0, 0.05) is 22.4 Å². The number of rotatable bonds is 6. The van der Waals surface area contributed by atoms with E-state index in [9.17, 15) is 9.59 Å². The van der Waals surface area contributed by atoms with E-state index < -0.39 is 27.6 Å². The number of likely N-dealkylation sites (tertiary alicyclic amines) is 1. The van der Waals surface area contributed by atoms with Crippen molar-refractivity contribution < 1.29 is 19.1 Å². The molecular weight excluding hydrogens is 390 g/mol. The van der Waals surface area contributed by atoms with Crippen molar-refractivity contribution in [3.8, 4) is 6.07 Å². The minimum absolute atomic E-state index is 0.00221. The van der Waals surface area contributed by atoms with E-state index in [1.54, 1.807) is 30.3 Å². The van der Waals surface area contributed by atoms with E-state index >= 15 is 0 Å². The molecule has 0 unspecified atom stereocenters. The van der Waals surface area contributed by atoms with Gasteiger partial charge in [-0.25, -0.2) is 9.59 Å². The average molecular weight is 407 g/mol. The lowest BCUT2D eigenvalue weighted by Crippen LogP contribution is -2.41. The summed E-state index contributed by atoms with van der Waals surface area (Å²) in [6.07, 6.45) is 1.62. The maximum atomic E-state index is 12.5. The molecule has 1 saturated heterocycles. The number of hydrogen-bond acceptors (Lipinski definition) is 7. The van der Waals surface area contributed by atoms with Crippen molar-refractivity contribution in [3.63, 3.8) is 0 Å². The summed E-state index contributed by atoms with van der Waals surface area (Å²) in [5.41, 5.74) is 9.55. The maximum Gasteiger partial charge on any atom is 0.410 e. The van der Waals surface area contributed by atoms with Crippen LogP contribution in [0.15, 0.2) is 29.4 Å². The molecule has 9 nitrogen and oxygen atoms in total. The summed E-state index contributed by atoms with van der Waals surface area (Å²) in [7, 11) is -0.394. The Balaban J connectivity index is 2.02. The number of benzene rings is 1. The van der Waals surface area contributed by atoms with Crippen LogP contribution in [0.5, 0.6) is 0 Å². The molecule has 1 fully saturated rings. The first-order valence-electron chi connectivity index (χ1n) is 7.89. The standard InChI is InChI=1S/C16H17N5O4S2/c1-27(26)13-8-14(15(22)24-7-6-17)21(9-13)16(23)25-10-11-2-4-12(5-3-11)19-20-18/h2-5,13-14H,7-10H2,1H3/t13-,14+,27-/m1/s1. The molecule has 1 aromatic rings. The molecule has 0 radical (unpaired) electrons. The molecule has 3 atom stereocenters. The molecular formula is C16H17N5O4S2. The number of azide groups is 1. The Labute approximate surface area is 163 Å². The van der Waals surface area contributed by atoms with Gasteiger partial charge in [0.2, 0.25) is 0 Å². The zero-order chi connectivity index (χ0) is 19.8. The minimum atomic E-state index is -0.805. The molecule has 2 rings (SSSR count). The Kier molecular flexibility index (Phi) is 7.55. The van der Waals surface area contributed by atoms with Crippen LogP contribution >= 0.6 is 0 Å². The van der Waals surface area contributed by atoms with Crippen LogP contribution < -0.4 is 0 Å². The second kappa shape index (κ2) is 9.87. The third kappa shape index (κ3) is 5.65. The van der Waals surface area contributed by atoms with Crippen LogP contribution in [0.1, 0.15) is 12.0 Å². The molecule has 27 heavy (non-hydrogen) atoms. The highest BCUT2D eigenvalue weighted by Crippen LogP contribution is 2.24. The average Bonchev–Trinajstić information content (AvgIpc) is 3.11. The molecule has 11 heteroatoms. The summed E-state index contributed by atoms with van der Waals surface area (Å²) in [6, 6.07) is 7.50.